The number of nitrogens with zero attached hydrogens (tertiary/aromatic N) is 3. The molecule has 0 saturated carbocycles. The number of aryl methyl sites for hydroxylation is 1. The third-order valence-corrected chi connectivity index (χ3v) is 3.47. The Hall–Kier alpha value is -2.01. The number of thiocarbonyl (C=S) groups is 1. The molecule has 1 aliphatic rings. The fourth-order valence-corrected chi connectivity index (χ4v) is 2.60. The van der Waals surface area contributed by atoms with Crippen LogP contribution in [-0.2, 0) is 6.42 Å². The van der Waals surface area contributed by atoms with E-state index in [1.54, 1.807) is 12.4 Å². The average molecular weight is 270 g/mol. The minimum absolute atomic E-state index is 0.283. The van der Waals surface area contributed by atoms with Gasteiger partial charge in [-0.15, -0.1) is 0 Å². The summed E-state index contributed by atoms with van der Waals surface area (Å²) >= 11 is 5.07. The predicted molar refractivity (Wildman–Crippen MR) is 79.7 cm³/mol. The molecule has 0 radical (unpaired) electrons. The van der Waals surface area contributed by atoms with Gasteiger partial charge in [-0.2, -0.15) is 0 Å². The Morgan fingerprint density at radius 1 is 1.21 bits per heavy atom. The molecule has 96 valence electrons. The lowest BCUT2D eigenvalue weighted by Crippen LogP contribution is -2.28. The summed E-state index contributed by atoms with van der Waals surface area (Å²) in [6, 6.07) is 8.35. The van der Waals surface area contributed by atoms with Crippen LogP contribution in [-0.4, -0.2) is 21.5 Å². The third kappa shape index (κ3) is 2.17. The molecule has 1 aromatic heterocycles. The van der Waals surface area contributed by atoms with E-state index in [4.69, 9.17) is 18.0 Å². The van der Waals surface area contributed by atoms with Gasteiger partial charge in [-0.1, -0.05) is 30.4 Å². The number of benzene rings is 1. The summed E-state index contributed by atoms with van der Waals surface area (Å²) in [5.41, 5.74) is 8.84. The molecule has 2 N–H and O–H groups in total. The highest BCUT2D eigenvalue weighted by Gasteiger charge is 2.22. The molecular weight excluding hydrogens is 256 g/mol. The van der Waals surface area contributed by atoms with Crippen LogP contribution in [0, 0.1) is 0 Å². The van der Waals surface area contributed by atoms with E-state index in [1.165, 1.54) is 11.3 Å². The molecule has 0 amide bonds. The molecule has 0 bridgehead atoms. The SMILES string of the molecule is NC(=S)c1nccnc1N1CCCc2ccccc21. The van der Waals surface area contributed by atoms with Gasteiger partial charge in [0.25, 0.3) is 0 Å². The molecule has 0 aliphatic carbocycles. The number of fused-ring (bicyclic) bond motifs is 1. The van der Waals surface area contributed by atoms with Gasteiger partial charge in [0.15, 0.2) is 5.82 Å². The van der Waals surface area contributed by atoms with Gasteiger partial charge in [0, 0.05) is 24.6 Å². The molecule has 0 saturated heterocycles. The van der Waals surface area contributed by atoms with Gasteiger partial charge in [0.05, 0.1) is 0 Å². The van der Waals surface area contributed by atoms with Crippen LogP contribution in [0.4, 0.5) is 11.5 Å². The van der Waals surface area contributed by atoms with E-state index in [0.29, 0.717) is 5.69 Å². The molecule has 1 aliphatic heterocycles. The average Bonchev–Trinajstić information content (AvgIpc) is 2.46. The molecule has 19 heavy (non-hydrogen) atoms. The van der Waals surface area contributed by atoms with Crippen LogP contribution in [0.3, 0.4) is 0 Å². The minimum atomic E-state index is 0.283. The number of hydrogen-bond donors (Lipinski definition) is 1. The zero-order chi connectivity index (χ0) is 13.2. The Kier molecular flexibility index (Phi) is 3.13. The molecule has 1 aromatic carbocycles. The van der Waals surface area contributed by atoms with E-state index in [0.717, 1.165) is 25.2 Å². The van der Waals surface area contributed by atoms with Gasteiger partial charge in [0.1, 0.15) is 10.7 Å². The fraction of sp³-hybridized carbons (Fsp3) is 0.214. The largest absolute Gasteiger partial charge is 0.388 e. The van der Waals surface area contributed by atoms with Crippen molar-refractivity contribution in [1.29, 1.82) is 0 Å². The van der Waals surface area contributed by atoms with Crippen LogP contribution >= 0.6 is 12.2 Å². The van der Waals surface area contributed by atoms with Gasteiger partial charge in [-0.05, 0) is 24.5 Å². The lowest BCUT2D eigenvalue weighted by Gasteiger charge is -2.31. The Morgan fingerprint density at radius 3 is 2.84 bits per heavy atom. The van der Waals surface area contributed by atoms with Crippen LogP contribution in [0.5, 0.6) is 0 Å². The first-order valence-corrected chi connectivity index (χ1v) is 6.64. The molecule has 2 heterocycles. The van der Waals surface area contributed by atoms with Crippen LogP contribution in [0.25, 0.3) is 0 Å². The van der Waals surface area contributed by atoms with Crippen molar-refractivity contribution in [1.82, 2.24) is 9.97 Å². The topological polar surface area (TPSA) is 55.0 Å². The quantitative estimate of drug-likeness (QED) is 0.848. The molecule has 0 fully saturated rings. The second kappa shape index (κ2) is 4.93. The number of nitrogens with two attached hydrogens (primary N) is 1. The van der Waals surface area contributed by atoms with Crippen molar-refractivity contribution < 1.29 is 0 Å². The predicted octanol–water partition coefficient (Wildman–Crippen LogP) is 2.20. The monoisotopic (exact) mass is 270 g/mol. The standard InChI is InChI=1S/C14H14N4S/c15-13(19)12-14(17-8-7-16-12)18-9-3-5-10-4-1-2-6-11(10)18/h1-2,4,6-8H,3,5,9H2,(H2,15,19). The Bertz CT molecular complexity index is 626. The van der Waals surface area contributed by atoms with Gasteiger partial charge in [0.2, 0.25) is 0 Å². The summed E-state index contributed by atoms with van der Waals surface area (Å²) in [4.78, 5) is 11.1. The second-order valence-electron chi connectivity index (χ2n) is 4.48. The number of para-hydroxylation sites is 1. The van der Waals surface area contributed by atoms with E-state index in [1.807, 2.05) is 6.07 Å². The van der Waals surface area contributed by atoms with E-state index < -0.39 is 0 Å². The van der Waals surface area contributed by atoms with Crippen molar-refractivity contribution in [2.45, 2.75) is 12.8 Å². The molecule has 5 heteroatoms. The van der Waals surface area contributed by atoms with Gasteiger partial charge in [-0.3, -0.25) is 0 Å². The highest BCUT2D eigenvalue weighted by Crippen LogP contribution is 2.33. The van der Waals surface area contributed by atoms with Crippen molar-refractivity contribution >= 4 is 28.7 Å². The Balaban J connectivity index is 2.12. The molecule has 2 aromatic rings. The van der Waals surface area contributed by atoms with E-state index in [9.17, 15) is 0 Å². The summed E-state index contributed by atoms with van der Waals surface area (Å²) < 4.78 is 0. The van der Waals surface area contributed by atoms with E-state index in [-0.39, 0.29) is 4.99 Å². The Labute approximate surface area is 117 Å². The molecular formula is C14H14N4S. The van der Waals surface area contributed by atoms with E-state index >= 15 is 0 Å². The maximum Gasteiger partial charge on any atom is 0.162 e. The summed E-state index contributed by atoms with van der Waals surface area (Å²) in [7, 11) is 0. The lowest BCUT2D eigenvalue weighted by atomic mass is 10.0. The van der Waals surface area contributed by atoms with Crippen LogP contribution in [0.2, 0.25) is 0 Å². The first kappa shape index (κ1) is 12.0. The van der Waals surface area contributed by atoms with Crippen molar-refractivity contribution in [2.24, 2.45) is 5.73 Å². The number of anilines is 2. The summed E-state index contributed by atoms with van der Waals surface area (Å²) in [6.07, 6.45) is 5.47. The van der Waals surface area contributed by atoms with Crippen molar-refractivity contribution in [3.63, 3.8) is 0 Å². The minimum Gasteiger partial charge on any atom is -0.388 e. The molecule has 4 nitrogen and oxygen atoms in total. The summed E-state index contributed by atoms with van der Waals surface area (Å²) in [5.74, 6) is 0.752. The first-order valence-electron chi connectivity index (χ1n) is 6.23. The van der Waals surface area contributed by atoms with Crippen LogP contribution in [0.1, 0.15) is 17.7 Å². The number of rotatable bonds is 2. The summed E-state index contributed by atoms with van der Waals surface area (Å²) in [6.45, 7) is 0.908. The number of aromatic nitrogens is 2. The number of hydrogen-bond acceptors (Lipinski definition) is 4. The third-order valence-electron chi connectivity index (χ3n) is 3.28. The van der Waals surface area contributed by atoms with E-state index in [2.05, 4.69) is 33.1 Å². The zero-order valence-electron chi connectivity index (χ0n) is 10.4. The highest BCUT2D eigenvalue weighted by molar-refractivity contribution is 7.80. The second-order valence-corrected chi connectivity index (χ2v) is 4.92. The maximum absolute atomic E-state index is 5.74. The zero-order valence-corrected chi connectivity index (χ0v) is 11.2. The van der Waals surface area contributed by atoms with Gasteiger partial charge >= 0.3 is 0 Å². The van der Waals surface area contributed by atoms with Crippen LogP contribution in [0.15, 0.2) is 36.7 Å². The highest BCUT2D eigenvalue weighted by atomic mass is 32.1. The first-order chi connectivity index (χ1) is 9.27. The molecule has 0 spiro atoms. The molecule has 0 atom stereocenters. The van der Waals surface area contributed by atoms with Crippen molar-refractivity contribution in [3.8, 4) is 0 Å². The van der Waals surface area contributed by atoms with Gasteiger partial charge in [-0.25, -0.2) is 9.97 Å². The molecule has 0 unspecified atom stereocenters. The van der Waals surface area contributed by atoms with Gasteiger partial charge < -0.3 is 10.6 Å². The van der Waals surface area contributed by atoms with Crippen molar-refractivity contribution in [2.75, 3.05) is 11.4 Å². The Morgan fingerprint density at radius 2 is 2.00 bits per heavy atom. The fourth-order valence-electron chi connectivity index (χ4n) is 2.46. The van der Waals surface area contributed by atoms with Crippen LogP contribution < -0.4 is 10.6 Å². The smallest absolute Gasteiger partial charge is 0.162 e. The summed E-state index contributed by atoms with van der Waals surface area (Å²) in [5, 5.41) is 0. The molecule has 3 rings (SSSR count). The van der Waals surface area contributed by atoms with Crippen molar-refractivity contribution in [3.05, 3.63) is 47.9 Å². The lowest BCUT2D eigenvalue weighted by molar-refractivity contribution is 0.757. The normalized spacial score (nSPS) is 14.0. The maximum atomic E-state index is 5.74.